The van der Waals surface area contributed by atoms with Crippen molar-refractivity contribution >= 4 is 11.6 Å². The van der Waals surface area contributed by atoms with Crippen molar-refractivity contribution in [2.75, 3.05) is 0 Å². The predicted octanol–water partition coefficient (Wildman–Crippen LogP) is 6.02. The van der Waals surface area contributed by atoms with Gasteiger partial charge in [0.05, 0.1) is 6.33 Å². The maximum atomic E-state index is 12.6. The molecular weight excluding hydrogens is 348 g/mol. The van der Waals surface area contributed by atoms with Crippen LogP contribution >= 0.6 is 0 Å². The summed E-state index contributed by atoms with van der Waals surface area (Å²) in [5, 5.41) is 0. The minimum Gasteiger partial charge on any atom is -0.323 e. The molecule has 0 spiro atoms. The zero-order valence-electron chi connectivity index (χ0n) is 18.1. The lowest BCUT2D eigenvalue weighted by Gasteiger charge is -2.14. The number of hydrogen-bond donors (Lipinski definition) is 0. The van der Waals surface area contributed by atoms with Gasteiger partial charge < -0.3 is 4.57 Å². The van der Waals surface area contributed by atoms with Crippen LogP contribution < -0.4 is 0 Å². The van der Waals surface area contributed by atoms with E-state index in [4.69, 9.17) is 0 Å². The SMILES string of the molecule is CC(C)=CCC/C(C)=C/CC/C(C)=C/Cn1cnc2c1C(=O)C(C)=C(C)C2=O. The molecule has 1 aromatic heterocycles. The van der Waals surface area contributed by atoms with Crippen molar-refractivity contribution in [3.05, 3.63) is 63.8 Å². The van der Waals surface area contributed by atoms with Crippen LogP contribution in [-0.4, -0.2) is 21.1 Å². The fourth-order valence-corrected chi connectivity index (χ4v) is 3.21. The topological polar surface area (TPSA) is 52.0 Å². The molecule has 0 atom stereocenters. The first-order valence-corrected chi connectivity index (χ1v) is 9.99. The Kier molecular flexibility index (Phi) is 7.50. The minimum atomic E-state index is -0.139. The van der Waals surface area contributed by atoms with Gasteiger partial charge in [0.2, 0.25) is 11.6 Å². The third kappa shape index (κ3) is 5.28. The van der Waals surface area contributed by atoms with Crippen molar-refractivity contribution in [1.82, 2.24) is 9.55 Å². The van der Waals surface area contributed by atoms with Crippen LogP contribution in [0.3, 0.4) is 0 Å². The Bertz CT molecular complexity index is 888. The highest BCUT2D eigenvalue weighted by molar-refractivity contribution is 6.25. The number of rotatable bonds is 8. The average Bonchev–Trinajstić information content (AvgIpc) is 3.06. The molecule has 150 valence electrons. The molecule has 0 amide bonds. The molecule has 0 bridgehead atoms. The molecule has 0 unspecified atom stereocenters. The Balaban J connectivity index is 1.95. The molecule has 0 fully saturated rings. The smallest absolute Gasteiger partial charge is 0.209 e. The van der Waals surface area contributed by atoms with Gasteiger partial charge >= 0.3 is 0 Å². The maximum absolute atomic E-state index is 12.6. The summed E-state index contributed by atoms with van der Waals surface area (Å²) in [6.07, 6.45) is 12.5. The number of imidazole rings is 1. The Hall–Kier alpha value is -2.49. The first kappa shape index (κ1) is 21.8. The number of allylic oxidation sites excluding steroid dienone is 8. The molecule has 1 heterocycles. The van der Waals surface area contributed by atoms with Crippen molar-refractivity contribution in [2.45, 2.75) is 73.8 Å². The van der Waals surface area contributed by atoms with E-state index in [1.807, 2.05) is 0 Å². The molecular formula is C24H32N2O2. The van der Waals surface area contributed by atoms with Crippen LogP contribution in [0.4, 0.5) is 0 Å². The summed E-state index contributed by atoms with van der Waals surface area (Å²) < 4.78 is 1.79. The number of Topliss-reactive ketones (excluding diaryl/α,β-unsaturated/α-hetero) is 2. The van der Waals surface area contributed by atoms with E-state index in [2.05, 4.69) is 50.9 Å². The number of nitrogens with zero attached hydrogens (tertiary/aromatic N) is 2. The van der Waals surface area contributed by atoms with Crippen molar-refractivity contribution in [3.8, 4) is 0 Å². The Labute approximate surface area is 168 Å². The zero-order valence-corrected chi connectivity index (χ0v) is 18.1. The Morgan fingerprint density at radius 3 is 2.11 bits per heavy atom. The van der Waals surface area contributed by atoms with E-state index >= 15 is 0 Å². The molecule has 1 aliphatic carbocycles. The first-order chi connectivity index (χ1) is 13.2. The van der Waals surface area contributed by atoms with Gasteiger partial charge in [-0.3, -0.25) is 9.59 Å². The average molecular weight is 381 g/mol. The van der Waals surface area contributed by atoms with E-state index in [0.29, 0.717) is 23.4 Å². The molecule has 4 heteroatoms. The number of hydrogen-bond acceptors (Lipinski definition) is 3. The monoisotopic (exact) mass is 380 g/mol. The number of ketones is 2. The molecule has 28 heavy (non-hydrogen) atoms. The van der Waals surface area contributed by atoms with E-state index in [-0.39, 0.29) is 17.3 Å². The van der Waals surface area contributed by atoms with Gasteiger partial charge in [-0.25, -0.2) is 4.98 Å². The molecule has 4 nitrogen and oxygen atoms in total. The van der Waals surface area contributed by atoms with E-state index in [1.54, 1.807) is 24.7 Å². The molecule has 0 aliphatic heterocycles. The number of fused-ring (bicyclic) bond motifs is 1. The second kappa shape index (κ2) is 9.63. The largest absolute Gasteiger partial charge is 0.323 e. The second-order valence-corrected chi connectivity index (χ2v) is 7.96. The first-order valence-electron chi connectivity index (χ1n) is 9.99. The van der Waals surface area contributed by atoms with E-state index < -0.39 is 0 Å². The van der Waals surface area contributed by atoms with Crippen LogP contribution in [0.5, 0.6) is 0 Å². The summed E-state index contributed by atoms with van der Waals surface area (Å²) in [6.45, 7) is 12.5. The second-order valence-electron chi connectivity index (χ2n) is 7.96. The summed E-state index contributed by atoms with van der Waals surface area (Å²) in [7, 11) is 0. The quantitative estimate of drug-likeness (QED) is 0.518. The fourth-order valence-electron chi connectivity index (χ4n) is 3.21. The van der Waals surface area contributed by atoms with Crippen LogP contribution in [0.15, 0.2) is 52.4 Å². The third-order valence-corrected chi connectivity index (χ3v) is 5.27. The molecule has 2 rings (SSSR count). The van der Waals surface area contributed by atoms with Crippen molar-refractivity contribution in [1.29, 1.82) is 0 Å². The van der Waals surface area contributed by atoms with Crippen molar-refractivity contribution < 1.29 is 9.59 Å². The summed E-state index contributed by atoms with van der Waals surface area (Å²) in [4.78, 5) is 29.1. The van der Waals surface area contributed by atoms with Crippen molar-refractivity contribution in [3.63, 3.8) is 0 Å². The van der Waals surface area contributed by atoms with E-state index in [1.165, 1.54) is 16.7 Å². The lowest BCUT2D eigenvalue weighted by molar-refractivity contribution is 0.0967. The van der Waals surface area contributed by atoms with Gasteiger partial charge in [-0.15, -0.1) is 0 Å². The van der Waals surface area contributed by atoms with Crippen molar-refractivity contribution in [2.24, 2.45) is 0 Å². The summed E-state index contributed by atoms with van der Waals surface area (Å²) >= 11 is 0. The highest BCUT2D eigenvalue weighted by atomic mass is 16.1. The van der Waals surface area contributed by atoms with Crippen LogP contribution in [0.25, 0.3) is 0 Å². The van der Waals surface area contributed by atoms with Crippen LogP contribution in [0, 0.1) is 0 Å². The lowest BCUT2D eigenvalue weighted by atomic mass is 9.92. The highest BCUT2D eigenvalue weighted by Crippen LogP contribution is 2.25. The molecule has 1 aliphatic rings. The van der Waals surface area contributed by atoms with Gasteiger partial charge in [-0.1, -0.05) is 34.9 Å². The van der Waals surface area contributed by atoms with Gasteiger partial charge in [0.15, 0.2) is 0 Å². The van der Waals surface area contributed by atoms with Crippen LogP contribution in [0.1, 0.15) is 88.2 Å². The van der Waals surface area contributed by atoms with Gasteiger partial charge in [0.1, 0.15) is 11.4 Å². The molecule has 0 saturated heterocycles. The Morgan fingerprint density at radius 2 is 1.46 bits per heavy atom. The number of carbonyl (C=O) groups is 2. The van der Waals surface area contributed by atoms with Gasteiger partial charge in [0.25, 0.3) is 0 Å². The van der Waals surface area contributed by atoms with Gasteiger partial charge in [-0.2, -0.15) is 0 Å². The number of aromatic nitrogens is 2. The fraction of sp³-hybridized carbons (Fsp3) is 0.458. The summed E-state index contributed by atoms with van der Waals surface area (Å²) in [5.74, 6) is -0.231. The normalized spacial score (nSPS) is 15.2. The highest BCUT2D eigenvalue weighted by Gasteiger charge is 2.31. The Morgan fingerprint density at radius 1 is 0.893 bits per heavy atom. The van der Waals surface area contributed by atoms with E-state index in [9.17, 15) is 9.59 Å². The van der Waals surface area contributed by atoms with Gasteiger partial charge in [-0.05, 0) is 67.2 Å². The molecule has 0 aromatic carbocycles. The molecule has 0 N–H and O–H groups in total. The maximum Gasteiger partial charge on any atom is 0.209 e. The number of carbonyl (C=O) groups excluding carboxylic acids is 2. The standard InChI is InChI=1S/C24H32N2O2/c1-16(2)9-7-10-17(3)11-8-12-18(4)13-14-26-15-25-21-22(26)24(28)20(6)19(5)23(21)27/h9,11,13,15H,7-8,10,12,14H2,1-6H3/b17-11+,18-13+. The van der Waals surface area contributed by atoms with Gasteiger partial charge in [0, 0.05) is 17.7 Å². The molecule has 0 saturated carbocycles. The van der Waals surface area contributed by atoms with E-state index in [0.717, 1.165) is 25.7 Å². The molecule has 1 aromatic rings. The van der Waals surface area contributed by atoms with Crippen LogP contribution in [-0.2, 0) is 6.54 Å². The zero-order chi connectivity index (χ0) is 20.8. The summed E-state index contributed by atoms with van der Waals surface area (Å²) in [5.41, 5.74) is 5.80. The third-order valence-electron chi connectivity index (χ3n) is 5.27. The minimum absolute atomic E-state index is 0.0921. The molecule has 0 radical (unpaired) electrons. The summed E-state index contributed by atoms with van der Waals surface area (Å²) in [6, 6.07) is 0. The lowest BCUT2D eigenvalue weighted by Crippen LogP contribution is -2.22. The van der Waals surface area contributed by atoms with Crippen LogP contribution in [0.2, 0.25) is 0 Å². The predicted molar refractivity (Wildman–Crippen MR) is 115 cm³/mol.